The molecule has 0 unspecified atom stereocenters. The molecule has 5 atom stereocenters. The van der Waals surface area contributed by atoms with Crippen LogP contribution in [0.5, 0.6) is 0 Å². The van der Waals surface area contributed by atoms with Gasteiger partial charge in [0.05, 0.1) is 24.6 Å². The van der Waals surface area contributed by atoms with Crippen LogP contribution >= 0.6 is 0 Å². The second-order valence-corrected chi connectivity index (χ2v) is 8.40. The molecule has 0 bridgehead atoms. The lowest BCUT2D eigenvalue weighted by Crippen LogP contribution is -2.56. The third-order valence-corrected chi connectivity index (χ3v) is 6.05. The first kappa shape index (κ1) is 22.0. The van der Waals surface area contributed by atoms with E-state index >= 15 is 0 Å². The molecule has 1 aliphatic carbocycles. The molecule has 12 heteroatoms. The Labute approximate surface area is 185 Å². The molecule has 2 aliphatic rings. The lowest BCUT2D eigenvalue weighted by atomic mass is 9.90. The average molecular weight is 466 g/mol. The number of aliphatic hydroxyl groups excluding tert-OH is 3. The number of rotatable bonds is 6. The lowest BCUT2D eigenvalue weighted by Gasteiger charge is -2.42. The Bertz CT molecular complexity index is 1130. The molecular weight excluding hydrogens is 445 g/mol. The summed E-state index contributed by atoms with van der Waals surface area (Å²) in [7, 11) is 0. The van der Waals surface area contributed by atoms with E-state index in [1.54, 1.807) is 6.07 Å². The highest BCUT2D eigenvalue weighted by Crippen LogP contribution is 2.40. The number of aromatic nitrogens is 4. The molecule has 1 aliphatic heterocycles. The largest absolute Gasteiger partial charge is 0.394 e. The first-order chi connectivity index (χ1) is 15.9. The fourth-order valence-corrected chi connectivity index (χ4v) is 4.11. The van der Waals surface area contributed by atoms with Gasteiger partial charge in [-0.3, -0.25) is 0 Å². The highest BCUT2D eigenvalue weighted by atomic mass is 19.2. The van der Waals surface area contributed by atoms with Crippen molar-refractivity contribution in [3.05, 3.63) is 53.3 Å². The number of aliphatic hydroxyl groups is 3. The molecule has 33 heavy (non-hydrogen) atoms. The monoisotopic (exact) mass is 466 g/mol. The van der Waals surface area contributed by atoms with E-state index in [1.807, 2.05) is 0 Å². The molecule has 0 spiro atoms. The van der Waals surface area contributed by atoms with Gasteiger partial charge in [0.15, 0.2) is 17.5 Å². The van der Waals surface area contributed by atoms with Crippen molar-refractivity contribution < 1.29 is 37.8 Å². The molecule has 2 fully saturated rings. The summed E-state index contributed by atoms with van der Waals surface area (Å²) in [5, 5.41) is 43.1. The van der Waals surface area contributed by atoms with Crippen molar-refractivity contribution in [3.63, 3.8) is 0 Å². The van der Waals surface area contributed by atoms with Gasteiger partial charge in [-0.25, -0.2) is 17.9 Å². The highest BCUT2D eigenvalue weighted by molar-refractivity contribution is 5.57. The van der Waals surface area contributed by atoms with Crippen LogP contribution in [-0.4, -0.2) is 66.5 Å². The molecule has 1 aromatic carbocycles. The van der Waals surface area contributed by atoms with Crippen molar-refractivity contribution in [1.29, 1.82) is 0 Å². The Morgan fingerprint density at radius 2 is 1.73 bits per heavy atom. The summed E-state index contributed by atoms with van der Waals surface area (Å²) in [6.07, 6.45) is -1.05. The average Bonchev–Trinajstić information content (AvgIpc) is 3.34. The van der Waals surface area contributed by atoms with Gasteiger partial charge in [-0.1, -0.05) is 10.4 Å². The standard InChI is InChI=1S/C21H21F3N4O5/c22-12-3-10(4-13(23)18(12)24)14-7-28(27-25-14)19-20(30)16(32-17(8-29)21(19)31)6-11-5-15(33-26-11)9-1-2-9/h3-5,7,9,16-17,19-21,29-31H,1-2,6,8H2/t16-,17-,19-,20+,21+/m1/s1. The van der Waals surface area contributed by atoms with E-state index in [4.69, 9.17) is 9.26 Å². The van der Waals surface area contributed by atoms with Crippen molar-refractivity contribution in [1.82, 2.24) is 20.2 Å². The Morgan fingerprint density at radius 3 is 2.39 bits per heavy atom. The molecule has 1 saturated carbocycles. The normalized spacial score (nSPS) is 27.8. The minimum absolute atomic E-state index is 0.00127. The molecule has 1 saturated heterocycles. The summed E-state index contributed by atoms with van der Waals surface area (Å²) < 4.78 is 52.7. The van der Waals surface area contributed by atoms with Crippen LogP contribution in [0, 0.1) is 17.5 Å². The second kappa shape index (κ2) is 8.52. The number of nitrogens with zero attached hydrogens (tertiary/aromatic N) is 4. The van der Waals surface area contributed by atoms with E-state index in [-0.39, 0.29) is 17.7 Å². The minimum atomic E-state index is -1.60. The van der Waals surface area contributed by atoms with Crippen molar-refractivity contribution in [2.24, 2.45) is 0 Å². The Balaban J connectivity index is 1.41. The molecule has 9 nitrogen and oxygen atoms in total. The van der Waals surface area contributed by atoms with Gasteiger partial charge in [-0.15, -0.1) is 5.10 Å². The maximum Gasteiger partial charge on any atom is 0.194 e. The Kier molecular flexibility index (Phi) is 5.69. The number of halogens is 3. The minimum Gasteiger partial charge on any atom is -0.394 e. The van der Waals surface area contributed by atoms with Crippen molar-refractivity contribution in [2.45, 2.75) is 55.6 Å². The first-order valence-corrected chi connectivity index (χ1v) is 10.5. The molecular formula is C21H21F3N4O5. The van der Waals surface area contributed by atoms with Gasteiger partial charge < -0.3 is 24.6 Å². The zero-order valence-corrected chi connectivity index (χ0v) is 17.2. The van der Waals surface area contributed by atoms with Crippen LogP contribution in [0.15, 0.2) is 28.9 Å². The predicted molar refractivity (Wildman–Crippen MR) is 104 cm³/mol. The number of hydrogen-bond acceptors (Lipinski definition) is 8. The van der Waals surface area contributed by atoms with Gasteiger partial charge in [0, 0.05) is 24.0 Å². The van der Waals surface area contributed by atoms with Crippen LogP contribution in [-0.2, 0) is 11.2 Å². The van der Waals surface area contributed by atoms with Crippen molar-refractivity contribution in [2.75, 3.05) is 6.61 Å². The molecule has 3 N–H and O–H groups in total. The van der Waals surface area contributed by atoms with Crippen LogP contribution in [0.2, 0.25) is 0 Å². The van der Waals surface area contributed by atoms with E-state index < -0.39 is 54.5 Å². The molecule has 3 heterocycles. The van der Waals surface area contributed by atoms with E-state index in [1.165, 1.54) is 6.20 Å². The lowest BCUT2D eigenvalue weighted by molar-refractivity contribution is -0.205. The summed E-state index contributed by atoms with van der Waals surface area (Å²) in [6.45, 7) is -0.525. The van der Waals surface area contributed by atoms with Crippen LogP contribution in [0.25, 0.3) is 11.3 Å². The van der Waals surface area contributed by atoms with Gasteiger partial charge in [-0.2, -0.15) is 0 Å². The van der Waals surface area contributed by atoms with E-state index in [0.29, 0.717) is 11.6 Å². The summed E-state index contributed by atoms with van der Waals surface area (Å²) >= 11 is 0. The van der Waals surface area contributed by atoms with Crippen molar-refractivity contribution >= 4 is 0 Å². The first-order valence-electron chi connectivity index (χ1n) is 10.5. The zero-order valence-electron chi connectivity index (χ0n) is 17.2. The maximum atomic E-state index is 13.6. The molecule has 176 valence electrons. The predicted octanol–water partition coefficient (Wildman–Crippen LogP) is 1.49. The van der Waals surface area contributed by atoms with Crippen molar-refractivity contribution in [3.8, 4) is 11.3 Å². The third-order valence-electron chi connectivity index (χ3n) is 6.05. The molecule has 5 rings (SSSR count). The third kappa shape index (κ3) is 4.14. The summed E-state index contributed by atoms with van der Waals surface area (Å²) in [6, 6.07) is 2.25. The summed E-state index contributed by atoms with van der Waals surface area (Å²) in [4.78, 5) is 0. The van der Waals surface area contributed by atoms with Crippen LogP contribution in [0.3, 0.4) is 0 Å². The fraction of sp³-hybridized carbons (Fsp3) is 0.476. The maximum absolute atomic E-state index is 13.6. The summed E-state index contributed by atoms with van der Waals surface area (Å²) in [5.41, 5.74) is 0.491. The fourth-order valence-electron chi connectivity index (χ4n) is 4.11. The number of benzene rings is 1. The van der Waals surface area contributed by atoms with Gasteiger partial charge >= 0.3 is 0 Å². The highest BCUT2D eigenvalue weighted by Gasteiger charge is 2.46. The Hall–Kier alpha value is -2.80. The molecule has 2 aromatic heterocycles. The SMILES string of the molecule is OC[C@H]1O[C@H](Cc2cc(C3CC3)on2)[C@H](O)[C@@H](n2cc(-c3cc(F)c(F)c(F)c3)nn2)[C@H]1O. The topological polar surface area (TPSA) is 127 Å². The van der Waals surface area contributed by atoms with Crippen LogP contribution < -0.4 is 0 Å². The van der Waals surface area contributed by atoms with Crippen LogP contribution in [0.4, 0.5) is 13.2 Å². The van der Waals surface area contributed by atoms with E-state index in [9.17, 15) is 28.5 Å². The van der Waals surface area contributed by atoms with Gasteiger partial charge in [-0.05, 0) is 25.0 Å². The number of hydrogen-bond donors (Lipinski definition) is 3. The quantitative estimate of drug-likeness (QED) is 0.467. The summed E-state index contributed by atoms with van der Waals surface area (Å²) in [5.74, 6) is -3.25. The second-order valence-electron chi connectivity index (χ2n) is 8.40. The van der Waals surface area contributed by atoms with Gasteiger partial charge in [0.25, 0.3) is 0 Å². The van der Waals surface area contributed by atoms with Crippen LogP contribution in [0.1, 0.15) is 36.3 Å². The van der Waals surface area contributed by atoms with Gasteiger partial charge in [0.1, 0.15) is 35.8 Å². The van der Waals surface area contributed by atoms with E-state index in [2.05, 4.69) is 15.5 Å². The number of ether oxygens (including phenoxy) is 1. The zero-order chi connectivity index (χ0) is 23.3. The van der Waals surface area contributed by atoms with Gasteiger partial charge in [0.2, 0.25) is 0 Å². The smallest absolute Gasteiger partial charge is 0.194 e. The van der Waals surface area contributed by atoms with E-state index in [0.717, 1.165) is 35.4 Å². The molecule has 3 aromatic rings. The Morgan fingerprint density at radius 1 is 1.03 bits per heavy atom. The molecule has 0 amide bonds. The molecule has 0 radical (unpaired) electrons.